The summed E-state index contributed by atoms with van der Waals surface area (Å²) in [4.78, 5) is 44.6. The Balaban J connectivity index is 2.04. The zero-order valence-corrected chi connectivity index (χ0v) is 10.6. The second kappa shape index (κ2) is 6.10. The maximum Gasteiger partial charge on any atom is 0.350 e. The van der Waals surface area contributed by atoms with Gasteiger partial charge in [-0.1, -0.05) is 6.07 Å². The molecule has 0 radical (unpaired) electrons. The average molecular weight is 276 g/mol. The van der Waals surface area contributed by atoms with Crippen molar-refractivity contribution in [2.45, 2.75) is 25.7 Å². The van der Waals surface area contributed by atoms with Gasteiger partial charge in [0.05, 0.1) is 5.56 Å². The summed E-state index contributed by atoms with van der Waals surface area (Å²) in [7, 11) is 0. The highest BCUT2D eigenvalue weighted by Gasteiger charge is 2.33. The van der Waals surface area contributed by atoms with Crippen LogP contribution in [0.2, 0.25) is 0 Å². The van der Waals surface area contributed by atoms with Crippen LogP contribution >= 0.6 is 0 Å². The Bertz CT molecular complexity index is 575. The third-order valence-electron chi connectivity index (χ3n) is 2.81. The van der Waals surface area contributed by atoms with Crippen LogP contribution in [0.5, 0.6) is 5.75 Å². The smallest absolute Gasteiger partial charge is 0.350 e. The first-order valence-electron chi connectivity index (χ1n) is 6.17. The van der Waals surface area contributed by atoms with Gasteiger partial charge < -0.3 is 14.3 Å². The number of carbonyl (C=O) groups is 4. The van der Waals surface area contributed by atoms with Gasteiger partial charge in [0.15, 0.2) is 0 Å². The van der Waals surface area contributed by atoms with E-state index in [0.717, 1.165) is 6.29 Å². The molecule has 0 saturated carbocycles. The van der Waals surface area contributed by atoms with Gasteiger partial charge in [0.25, 0.3) is 0 Å². The topological polar surface area (TPSA) is 86.7 Å². The van der Waals surface area contributed by atoms with Crippen LogP contribution in [0.15, 0.2) is 18.2 Å². The summed E-state index contributed by atoms with van der Waals surface area (Å²) in [5, 5.41) is 0. The number of aldehydes is 1. The molecule has 6 heteroatoms. The molecule has 0 amide bonds. The molecule has 0 unspecified atom stereocenters. The van der Waals surface area contributed by atoms with E-state index in [9.17, 15) is 19.2 Å². The lowest BCUT2D eigenvalue weighted by Crippen LogP contribution is -2.10. The monoisotopic (exact) mass is 276 g/mol. The summed E-state index contributed by atoms with van der Waals surface area (Å²) >= 11 is 0. The van der Waals surface area contributed by atoms with E-state index < -0.39 is 17.9 Å². The Morgan fingerprint density at radius 1 is 1.20 bits per heavy atom. The second-order valence-corrected chi connectivity index (χ2v) is 4.24. The molecular weight excluding hydrogens is 264 g/mol. The van der Waals surface area contributed by atoms with Crippen LogP contribution in [0.4, 0.5) is 0 Å². The van der Waals surface area contributed by atoms with E-state index in [1.54, 1.807) is 0 Å². The lowest BCUT2D eigenvalue weighted by Gasteiger charge is -2.06. The van der Waals surface area contributed by atoms with Crippen molar-refractivity contribution >= 4 is 24.2 Å². The van der Waals surface area contributed by atoms with E-state index in [1.807, 2.05) is 0 Å². The number of hydrogen-bond acceptors (Lipinski definition) is 6. The molecule has 104 valence electrons. The van der Waals surface area contributed by atoms with E-state index >= 15 is 0 Å². The number of carbonyl (C=O) groups excluding carboxylic acids is 4. The molecule has 0 bridgehead atoms. The number of fused-ring (bicyclic) bond motifs is 1. The standard InChI is InChI=1S/C14H12O6/c15-8-3-1-2-7-11(16)19-10-6-4-5-9-12(10)14(18)20-13(9)17/h4-6,8H,1-3,7H2. The number of cyclic esters (lactones) is 2. The first-order valence-corrected chi connectivity index (χ1v) is 6.17. The molecule has 2 rings (SSSR count). The number of ether oxygens (including phenoxy) is 2. The predicted octanol–water partition coefficient (Wildman–Crippen LogP) is 1.66. The van der Waals surface area contributed by atoms with Gasteiger partial charge in [0.1, 0.15) is 17.6 Å². The van der Waals surface area contributed by atoms with Crippen molar-refractivity contribution in [2.75, 3.05) is 0 Å². The summed E-state index contributed by atoms with van der Waals surface area (Å²) in [5.74, 6) is -2.04. The maximum absolute atomic E-state index is 11.6. The highest BCUT2D eigenvalue weighted by molar-refractivity contribution is 6.16. The summed E-state index contributed by atoms with van der Waals surface area (Å²) < 4.78 is 9.53. The molecule has 0 fully saturated rings. The van der Waals surface area contributed by atoms with Crippen LogP contribution < -0.4 is 4.74 Å². The zero-order chi connectivity index (χ0) is 14.5. The predicted molar refractivity (Wildman–Crippen MR) is 66.4 cm³/mol. The summed E-state index contributed by atoms with van der Waals surface area (Å²) in [6, 6.07) is 4.37. The van der Waals surface area contributed by atoms with Gasteiger partial charge in [-0.25, -0.2) is 9.59 Å². The number of unbranched alkanes of at least 4 members (excludes halogenated alkanes) is 2. The van der Waals surface area contributed by atoms with Crippen LogP contribution in [0.25, 0.3) is 0 Å². The lowest BCUT2D eigenvalue weighted by atomic mass is 10.1. The minimum Gasteiger partial charge on any atom is -0.426 e. The Labute approximate surface area is 114 Å². The van der Waals surface area contributed by atoms with Gasteiger partial charge in [0, 0.05) is 12.8 Å². The molecule has 1 aromatic carbocycles. The Morgan fingerprint density at radius 2 is 2.00 bits per heavy atom. The molecule has 0 aliphatic carbocycles. The molecule has 0 saturated heterocycles. The van der Waals surface area contributed by atoms with Crippen molar-refractivity contribution in [3.8, 4) is 5.75 Å². The van der Waals surface area contributed by atoms with Crippen molar-refractivity contribution < 1.29 is 28.7 Å². The van der Waals surface area contributed by atoms with Crippen molar-refractivity contribution in [1.29, 1.82) is 0 Å². The summed E-state index contributed by atoms with van der Waals surface area (Å²) in [6.45, 7) is 0. The van der Waals surface area contributed by atoms with Crippen LogP contribution in [0, 0.1) is 0 Å². The van der Waals surface area contributed by atoms with Gasteiger partial charge in [-0.05, 0) is 25.0 Å². The minimum absolute atomic E-state index is 0.0151. The fourth-order valence-corrected chi connectivity index (χ4v) is 1.86. The number of esters is 3. The van der Waals surface area contributed by atoms with Gasteiger partial charge in [-0.2, -0.15) is 0 Å². The van der Waals surface area contributed by atoms with Crippen LogP contribution in [0.1, 0.15) is 46.4 Å². The van der Waals surface area contributed by atoms with Crippen molar-refractivity contribution in [3.63, 3.8) is 0 Å². The minimum atomic E-state index is -0.811. The fourth-order valence-electron chi connectivity index (χ4n) is 1.86. The van der Waals surface area contributed by atoms with Crippen LogP contribution in [-0.2, 0) is 14.3 Å². The number of rotatable bonds is 6. The lowest BCUT2D eigenvalue weighted by molar-refractivity contribution is -0.134. The van der Waals surface area contributed by atoms with Gasteiger partial charge >= 0.3 is 17.9 Å². The molecule has 1 aromatic rings. The molecule has 0 N–H and O–H groups in total. The molecular formula is C14H12O6. The SMILES string of the molecule is O=CCCCCC(=O)Oc1cccc2c1C(=O)OC2=O. The van der Waals surface area contributed by atoms with E-state index in [-0.39, 0.29) is 23.3 Å². The first-order chi connectivity index (χ1) is 9.63. The van der Waals surface area contributed by atoms with Crippen molar-refractivity contribution in [3.05, 3.63) is 29.3 Å². The molecule has 20 heavy (non-hydrogen) atoms. The highest BCUT2D eigenvalue weighted by atomic mass is 16.6. The number of benzene rings is 1. The third kappa shape index (κ3) is 2.90. The highest BCUT2D eigenvalue weighted by Crippen LogP contribution is 2.29. The first kappa shape index (κ1) is 13.9. The van der Waals surface area contributed by atoms with E-state index in [2.05, 4.69) is 4.74 Å². The van der Waals surface area contributed by atoms with Crippen LogP contribution in [-0.4, -0.2) is 24.2 Å². The normalized spacial score (nSPS) is 12.8. The summed E-state index contributed by atoms with van der Waals surface area (Å²) in [5.41, 5.74) is 0.0833. The molecule has 0 atom stereocenters. The molecule has 0 spiro atoms. The second-order valence-electron chi connectivity index (χ2n) is 4.24. The maximum atomic E-state index is 11.6. The Morgan fingerprint density at radius 3 is 2.75 bits per heavy atom. The third-order valence-corrected chi connectivity index (χ3v) is 2.81. The molecule has 1 aliphatic rings. The molecule has 1 aliphatic heterocycles. The average Bonchev–Trinajstić information content (AvgIpc) is 2.71. The fraction of sp³-hybridized carbons (Fsp3) is 0.286. The summed E-state index contributed by atoms with van der Waals surface area (Å²) in [6.07, 6.45) is 2.45. The van der Waals surface area contributed by atoms with Crippen LogP contribution in [0.3, 0.4) is 0 Å². The van der Waals surface area contributed by atoms with Gasteiger partial charge in [0.2, 0.25) is 0 Å². The van der Waals surface area contributed by atoms with Gasteiger partial charge in [-0.3, -0.25) is 4.79 Å². The van der Waals surface area contributed by atoms with Crippen molar-refractivity contribution in [2.24, 2.45) is 0 Å². The Hall–Kier alpha value is -2.50. The van der Waals surface area contributed by atoms with E-state index in [4.69, 9.17) is 4.74 Å². The van der Waals surface area contributed by atoms with E-state index in [0.29, 0.717) is 19.3 Å². The number of hydrogen-bond donors (Lipinski definition) is 0. The largest absolute Gasteiger partial charge is 0.426 e. The van der Waals surface area contributed by atoms with Gasteiger partial charge in [-0.15, -0.1) is 0 Å². The van der Waals surface area contributed by atoms with Crippen molar-refractivity contribution in [1.82, 2.24) is 0 Å². The quantitative estimate of drug-likeness (QED) is 0.258. The zero-order valence-electron chi connectivity index (χ0n) is 10.6. The Kier molecular flexibility index (Phi) is 4.24. The van der Waals surface area contributed by atoms with E-state index in [1.165, 1.54) is 18.2 Å². The molecule has 6 nitrogen and oxygen atoms in total. The molecule has 0 aromatic heterocycles. The molecule has 1 heterocycles.